The minimum absolute atomic E-state index is 0.146. The van der Waals surface area contributed by atoms with Crippen LogP contribution in [0, 0.1) is 5.92 Å². The predicted molar refractivity (Wildman–Crippen MR) is 106 cm³/mol. The van der Waals surface area contributed by atoms with E-state index < -0.39 is 5.54 Å². The molecule has 0 saturated carbocycles. The molecule has 0 unspecified atom stereocenters. The normalized spacial score (nSPS) is 27.9. The Morgan fingerprint density at radius 3 is 2.90 bits per heavy atom. The van der Waals surface area contributed by atoms with Gasteiger partial charge in [0.2, 0.25) is 0 Å². The van der Waals surface area contributed by atoms with Crippen molar-refractivity contribution in [3.63, 3.8) is 0 Å². The average molecular weight is 394 g/mol. The second kappa shape index (κ2) is 6.45. The molecule has 1 saturated heterocycles. The van der Waals surface area contributed by atoms with Crippen molar-refractivity contribution >= 4 is 11.9 Å². The summed E-state index contributed by atoms with van der Waals surface area (Å²) in [5.74, 6) is 1.14. The molecule has 8 heteroatoms. The number of aliphatic imine (C=N–C) groups is 1. The van der Waals surface area contributed by atoms with E-state index in [2.05, 4.69) is 4.98 Å². The quantitative estimate of drug-likeness (QED) is 0.829. The Kier molecular flexibility index (Phi) is 3.99. The number of carbonyl (C=O) groups is 1. The van der Waals surface area contributed by atoms with E-state index >= 15 is 0 Å². The van der Waals surface area contributed by atoms with Gasteiger partial charge in [-0.05, 0) is 23.8 Å². The number of amides is 1. The van der Waals surface area contributed by atoms with E-state index in [0.717, 1.165) is 11.1 Å². The SMILES string of the molecule is COc1cncc(-c2ccc3c(c2)[C@]2(N=C(N)N(C)C2=O)[C@H]2COCC[C@@H]2O3)c1. The Morgan fingerprint density at radius 1 is 1.28 bits per heavy atom. The highest BCUT2D eigenvalue weighted by Crippen LogP contribution is 2.51. The summed E-state index contributed by atoms with van der Waals surface area (Å²) in [7, 11) is 3.25. The maximum Gasteiger partial charge on any atom is 0.262 e. The van der Waals surface area contributed by atoms with Crippen LogP contribution in [0.1, 0.15) is 12.0 Å². The Balaban J connectivity index is 1.70. The summed E-state index contributed by atoms with van der Waals surface area (Å²) in [5, 5.41) is 0. The summed E-state index contributed by atoms with van der Waals surface area (Å²) in [6.07, 6.45) is 3.97. The topological polar surface area (TPSA) is 99.3 Å². The average Bonchev–Trinajstić information content (AvgIpc) is 2.98. The molecule has 0 radical (unpaired) electrons. The van der Waals surface area contributed by atoms with Gasteiger partial charge in [-0.25, -0.2) is 4.99 Å². The van der Waals surface area contributed by atoms with Crippen LogP contribution in [0.4, 0.5) is 0 Å². The molecular weight excluding hydrogens is 372 g/mol. The smallest absolute Gasteiger partial charge is 0.262 e. The standard InChI is InChI=1S/C21H22N4O4/c1-25-19(26)21(24-20(25)22)15-8-12(13-7-14(27-2)10-23-9-13)3-4-17(15)29-18-5-6-28-11-16(18)21/h3-4,7-10,16,18H,5-6,11H2,1-2H3,(H2,22,24)/t16-,18-,21-/m0/s1. The molecule has 4 heterocycles. The molecule has 8 nitrogen and oxygen atoms in total. The van der Waals surface area contributed by atoms with Gasteiger partial charge in [-0.1, -0.05) is 6.07 Å². The van der Waals surface area contributed by atoms with Gasteiger partial charge in [0.25, 0.3) is 5.91 Å². The lowest BCUT2D eigenvalue weighted by Gasteiger charge is -2.45. The Hall–Kier alpha value is -3.13. The van der Waals surface area contributed by atoms with Crippen molar-refractivity contribution in [3.8, 4) is 22.6 Å². The molecule has 1 fully saturated rings. The highest BCUT2D eigenvalue weighted by atomic mass is 16.5. The third-order valence-corrected chi connectivity index (χ3v) is 6.05. The molecule has 2 N–H and O–H groups in total. The Morgan fingerprint density at radius 2 is 2.14 bits per heavy atom. The van der Waals surface area contributed by atoms with Gasteiger partial charge in [0.05, 0.1) is 32.4 Å². The number of nitrogens with two attached hydrogens (primary N) is 1. The van der Waals surface area contributed by atoms with Gasteiger partial charge >= 0.3 is 0 Å². The molecule has 3 atom stereocenters. The number of fused-ring (bicyclic) bond motifs is 4. The van der Waals surface area contributed by atoms with E-state index in [1.807, 2.05) is 24.3 Å². The van der Waals surface area contributed by atoms with Crippen molar-refractivity contribution in [2.75, 3.05) is 27.4 Å². The van der Waals surface area contributed by atoms with Crippen LogP contribution in [0.3, 0.4) is 0 Å². The third-order valence-electron chi connectivity index (χ3n) is 6.05. The zero-order chi connectivity index (χ0) is 20.2. The van der Waals surface area contributed by atoms with Gasteiger partial charge in [-0.3, -0.25) is 14.7 Å². The molecule has 0 bridgehead atoms. The van der Waals surface area contributed by atoms with Crippen molar-refractivity contribution in [1.29, 1.82) is 0 Å². The highest BCUT2D eigenvalue weighted by Gasteiger charge is 2.60. The number of likely N-dealkylation sites (N-methyl/N-ethyl adjacent to an activating group) is 1. The predicted octanol–water partition coefficient (Wildman–Crippen LogP) is 1.54. The van der Waals surface area contributed by atoms with Gasteiger partial charge in [0, 0.05) is 30.8 Å². The van der Waals surface area contributed by atoms with Crippen LogP contribution in [0.2, 0.25) is 0 Å². The highest BCUT2D eigenvalue weighted by molar-refractivity contribution is 6.07. The monoisotopic (exact) mass is 394 g/mol. The van der Waals surface area contributed by atoms with E-state index in [0.29, 0.717) is 36.7 Å². The molecule has 1 aromatic carbocycles. The number of hydrogen-bond acceptors (Lipinski definition) is 7. The van der Waals surface area contributed by atoms with Crippen LogP contribution in [0.15, 0.2) is 41.7 Å². The molecule has 0 aliphatic carbocycles. The van der Waals surface area contributed by atoms with E-state index in [9.17, 15) is 4.79 Å². The summed E-state index contributed by atoms with van der Waals surface area (Å²) in [6, 6.07) is 7.70. The first-order valence-corrected chi connectivity index (χ1v) is 9.56. The maximum atomic E-state index is 13.4. The fourth-order valence-electron chi connectivity index (χ4n) is 4.49. The number of rotatable bonds is 2. The minimum atomic E-state index is -1.14. The van der Waals surface area contributed by atoms with Crippen LogP contribution in [-0.4, -0.2) is 55.2 Å². The first-order chi connectivity index (χ1) is 14.0. The number of pyridine rings is 1. The third kappa shape index (κ3) is 2.52. The van der Waals surface area contributed by atoms with Gasteiger partial charge < -0.3 is 19.9 Å². The Bertz CT molecular complexity index is 1020. The molecule has 3 aliphatic heterocycles. The van der Waals surface area contributed by atoms with Crippen molar-refractivity contribution in [2.45, 2.75) is 18.1 Å². The van der Waals surface area contributed by atoms with Gasteiger partial charge in [0.1, 0.15) is 17.6 Å². The van der Waals surface area contributed by atoms with Crippen molar-refractivity contribution in [2.24, 2.45) is 16.6 Å². The van der Waals surface area contributed by atoms with Crippen molar-refractivity contribution in [1.82, 2.24) is 9.88 Å². The zero-order valence-electron chi connectivity index (χ0n) is 16.3. The molecule has 1 amide bonds. The number of benzene rings is 1. The lowest BCUT2D eigenvalue weighted by Crippen LogP contribution is -2.56. The van der Waals surface area contributed by atoms with Crippen LogP contribution in [-0.2, 0) is 15.1 Å². The number of carbonyl (C=O) groups excluding carboxylic acids is 1. The summed E-state index contributed by atoms with van der Waals surface area (Å²) in [5.41, 5.74) is 7.43. The maximum absolute atomic E-state index is 13.4. The summed E-state index contributed by atoms with van der Waals surface area (Å²) < 4.78 is 17.3. The van der Waals surface area contributed by atoms with E-state index in [-0.39, 0.29) is 23.9 Å². The number of guanidine groups is 1. The molecule has 150 valence electrons. The number of methoxy groups -OCH3 is 1. The fraction of sp³-hybridized carbons (Fsp3) is 0.381. The zero-order valence-corrected chi connectivity index (χ0v) is 16.3. The second-order valence-electron chi connectivity index (χ2n) is 7.55. The molecule has 1 aromatic heterocycles. The van der Waals surface area contributed by atoms with Crippen LogP contribution >= 0.6 is 0 Å². The molecule has 1 spiro atoms. The molecule has 2 aromatic rings. The van der Waals surface area contributed by atoms with Gasteiger partial charge in [0.15, 0.2) is 11.5 Å². The van der Waals surface area contributed by atoms with E-state index in [4.69, 9.17) is 24.9 Å². The number of aromatic nitrogens is 1. The van der Waals surface area contributed by atoms with E-state index in [1.165, 1.54) is 4.90 Å². The van der Waals surface area contributed by atoms with Gasteiger partial charge in [-0.15, -0.1) is 0 Å². The summed E-state index contributed by atoms with van der Waals surface area (Å²) >= 11 is 0. The molecule has 29 heavy (non-hydrogen) atoms. The largest absolute Gasteiger partial charge is 0.495 e. The number of hydrogen-bond donors (Lipinski definition) is 1. The van der Waals surface area contributed by atoms with E-state index in [1.54, 1.807) is 26.6 Å². The van der Waals surface area contributed by atoms with Crippen LogP contribution in [0.25, 0.3) is 11.1 Å². The second-order valence-corrected chi connectivity index (χ2v) is 7.55. The molecule has 5 rings (SSSR count). The molecular formula is C21H22N4O4. The van der Waals surface area contributed by atoms with Crippen LogP contribution in [0.5, 0.6) is 11.5 Å². The van der Waals surface area contributed by atoms with Gasteiger partial charge in [-0.2, -0.15) is 0 Å². The lowest BCUT2D eigenvalue weighted by molar-refractivity contribution is -0.141. The van der Waals surface area contributed by atoms with Crippen molar-refractivity contribution in [3.05, 3.63) is 42.2 Å². The van der Waals surface area contributed by atoms with Crippen LogP contribution < -0.4 is 15.2 Å². The Labute approximate surface area is 168 Å². The summed E-state index contributed by atoms with van der Waals surface area (Å²) in [6.45, 7) is 0.995. The lowest BCUT2D eigenvalue weighted by atomic mass is 9.71. The van der Waals surface area contributed by atoms with Crippen molar-refractivity contribution < 1.29 is 19.0 Å². The summed E-state index contributed by atoms with van der Waals surface area (Å²) in [4.78, 5) is 23.8. The first-order valence-electron chi connectivity index (χ1n) is 9.56. The minimum Gasteiger partial charge on any atom is -0.495 e. The number of ether oxygens (including phenoxy) is 3. The fourth-order valence-corrected chi connectivity index (χ4v) is 4.49. The first kappa shape index (κ1) is 17.9. The molecule has 3 aliphatic rings. The number of nitrogens with zero attached hydrogens (tertiary/aromatic N) is 3.